The smallest absolute Gasteiger partial charge is 0.329 e. The van der Waals surface area contributed by atoms with Crippen LogP contribution in [0.4, 0.5) is 17.5 Å². The van der Waals surface area contributed by atoms with Gasteiger partial charge in [-0.05, 0) is 6.42 Å². The lowest BCUT2D eigenvalue weighted by Crippen LogP contribution is -2.41. The van der Waals surface area contributed by atoms with Crippen molar-refractivity contribution in [3.63, 3.8) is 0 Å². The third-order valence-corrected chi connectivity index (χ3v) is 4.73. The van der Waals surface area contributed by atoms with E-state index in [1.807, 2.05) is 6.92 Å². The first kappa shape index (κ1) is 15.4. The molecule has 1 aliphatic heterocycles. The fraction of sp³-hybridized carbons (Fsp3) is 0.636. The van der Waals surface area contributed by atoms with Gasteiger partial charge in [0, 0.05) is 19.6 Å². The van der Waals surface area contributed by atoms with E-state index in [4.69, 9.17) is 0 Å². The standard InChI is InChI=1S/C11H17N5O4S/c1-2-3-12-11-13-8-9(16(17)18)10(14-11)15-4-6-21(19,20)7-5-15/h8H,2-7H2,1H3,(H,12,13,14). The first-order valence-electron chi connectivity index (χ1n) is 6.63. The summed E-state index contributed by atoms with van der Waals surface area (Å²) in [5.41, 5.74) is -0.212. The van der Waals surface area contributed by atoms with Crippen molar-refractivity contribution >= 4 is 27.3 Å². The zero-order chi connectivity index (χ0) is 15.5. The molecule has 2 heterocycles. The molecule has 9 nitrogen and oxygen atoms in total. The zero-order valence-electron chi connectivity index (χ0n) is 11.7. The highest BCUT2D eigenvalue weighted by atomic mass is 32.2. The molecule has 0 unspecified atom stereocenters. The Labute approximate surface area is 122 Å². The van der Waals surface area contributed by atoms with E-state index in [2.05, 4.69) is 15.3 Å². The highest BCUT2D eigenvalue weighted by Crippen LogP contribution is 2.27. The quantitative estimate of drug-likeness (QED) is 0.614. The van der Waals surface area contributed by atoms with Gasteiger partial charge >= 0.3 is 5.69 Å². The highest BCUT2D eigenvalue weighted by molar-refractivity contribution is 7.91. The molecule has 10 heteroatoms. The van der Waals surface area contributed by atoms with Crippen molar-refractivity contribution in [3.8, 4) is 0 Å². The molecule has 2 rings (SSSR count). The van der Waals surface area contributed by atoms with E-state index < -0.39 is 14.8 Å². The molecule has 0 amide bonds. The lowest BCUT2D eigenvalue weighted by molar-refractivity contribution is -0.384. The van der Waals surface area contributed by atoms with E-state index in [9.17, 15) is 18.5 Å². The molecule has 0 saturated carbocycles. The second-order valence-corrected chi connectivity index (χ2v) is 7.03. The van der Waals surface area contributed by atoms with Gasteiger partial charge in [0.25, 0.3) is 0 Å². The van der Waals surface area contributed by atoms with Crippen molar-refractivity contribution in [2.24, 2.45) is 0 Å². The van der Waals surface area contributed by atoms with Crippen LogP contribution in [0, 0.1) is 10.1 Å². The molecule has 0 radical (unpaired) electrons. The molecular weight excluding hydrogens is 298 g/mol. The fourth-order valence-corrected chi connectivity index (χ4v) is 3.18. The van der Waals surface area contributed by atoms with Gasteiger partial charge in [0.05, 0.1) is 16.4 Å². The number of nitrogens with zero attached hydrogens (tertiary/aromatic N) is 4. The van der Waals surface area contributed by atoms with Crippen LogP contribution >= 0.6 is 0 Å². The van der Waals surface area contributed by atoms with E-state index >= 15 is 0 Å². The summed E-state index contributed by atoms with van der Waals surface area (Å²) in [4.78, 5) is 20.2. The van der Waals surface area contributed by atoms with E-state index in [-0.39, 0.29) is 36.1 Å². The van der Waals surface area contributed by atoms with Crippen LogP contribution in [-0.4, -0.2) is 54.4 Å². The lowest BCUT2D eigenvalue weighted by atomic mass is 10.4. The van der Waals surface area contributed by atoms with Crippen LogP contribution in [-0.2, 0) is 9.84 Å². The maximum absolute atomic E-state index is 11.4. The number of anilines is 2. The Kier molecular flexibility index (Phi) is 4.56. The maximum Gasteiger partial charge on any atom is 0.329 e. The van der Waals surface area contributed by atoms with Crippen LogP contribution in [0.5, 0.6) is 0 Å². The van der Waals surface area contributed by atoms with Crippen molar-refractivity contribution in [1.82, 2.24) is 9.97 Å². The first-order chi connectivity index (χ1) is 9.93. The Morgan fingerprint density at radius 2 is 2.10 bits per heavy atom. The third-order valence-electron chi connectivity index (χ3n) is 3.12. The van der Waals surface area contributed by atoms with Crippen LogP contribution < -0.4 is 10.2 Å². The highest BCUT2D eigenvalue weighted by Gasteiger charge is 2.28. The lowest BCUT2D eigenvalue weighted by Gasteiger charge is -2.27. The topological polar surface area (TPSA) is 118 Å². The number of nitro groups is 1. The predicted molar refractivity (Wildman–Crippen MR) is 78.3 cm³/mol. The van der Waals surface area contributed by atoms with Gasteiger partial charge in [-0.15, -0.1) is 0 Å². The van der Waals surface area contributed by atoms with Gasteiger partial charge in [-0.1, -0.05) is 6.92 Å². The summed E-state index contributed by atoms with van der Waals surface area (Å²) < 4.78 is 22.9. The van der Waals surface area contributed by atoms with Crippen molar-refractivity contribution < 1.29 is 13.3 Å². The number of rotatable bonds is 5. The molecular formula is C11H17N5O4S. The van der Waals surface area contributed by atoms with Crippen LogP contribution in [0.1, 0.15) is 13.3 Å². The zero-order valence-corrected chi connectivity index (χ0v) is 12.5. The van der Waals surface area contributed by atoms with Crippen LogP contribution in [0.3, 0.4) is 0 Å². The summed E-state index contributed by atoms with van der Waals surface area (Å²) in [5.74, 6) is 0.437. The summed E-state index contributed by atoms with van der Waals surface area (Å²) in [5, 5.41) is 14.0. The van der Waals surface area contributed by atoms with E-state index in [1.165, 1.54) is 0 Å². The number of aromatic nitrogens is 2. The van der Waals surface area contributed by atoms with Gasteiger partial charge in [0.2, 0.25) is 11.8 Å². The Morgan fingerprint density at radius 1 is 1.43 bits per heavy atom. The minimum atomic E-state index is -3.05. The predicted octanol–water partition coefficient (Wildman–Crippen LogP) is 0.441. The van der Waals surface area contributed by atoms with Crippen molar-refractivity contribution in [3.05, 3.63) is 16.3 Å². The fourth-order valence-electron chi connectivity index (χ4n) is 1.97. The molecule has 0 bridgehead atoms. The van der Waals surface area contributed by atoms with Crippen molar-refractivity contribution in [1.29, 1.82) is 0 Å². The largest absolute Gasteiger partial charge is 0.354 e. The average molecular weight is 315 g/mol. The van der Waals surface area contributed by atoms with Crippen LogP contribution in [0.25, 0.3) is 0 Å². The average Bonchev–Trinajstić information content (AvgIpc) is 2.44. The van der Waals surface area contributed by atoms with Gasteiger partial charge in [0.15, 0.2) is 9.84 Å². The molecule has 21 heavy (non-hydrogen) atoms. The summed E-state index contributed by atoms with van der Waals surface area (Å²) in [6.07, 6.45) is 2.03. The number of sulfone groups is 1. The number of hydrogen-bond donors (Lipinski definition) is 1. The second kappa shape index (κ2) is 6.20. The van der Waals surface area contributed by atoms with Gasteiger partial charge < -0.3 is 10.2 Å². The van der Waals surface area contributed by atoms with E-state index in [0.717, 1.165) is 12.6 Å². The van der Waals surface area contributed by atoms with Gasteiger partial charge in [-0.25, -0.2) is 13.4 Å². The molecule has 1 aromatic heterocycles. The maximum atomic E-state index is 11.4. The van der Waals surface area contributed by atoms with Gasteiger partial charge in [-0.3, -0.25) is 10.1 Å². The van der Waals surface area contributed by atoms with E-state index in [1.54, 1.807) is 4.90 Å². The molecule has 116 valence electrons. The monoisotopic (exact) mass is 315 g/mol. The molecule has 1 aliphatic rings. The van der Waals surface area contributed by atoms with Crippen molar-refractivity contribution in [2.75, 3.05) is 41.4 Å². The summed E-state index contributed by atoms with van der Waals surface area (Å²) >= 11 is 0. The molecule has 0 atom stereocenters. The molecule has 0 aliphatic carbocycles. The van der Waals surface area contributed by atoms with Gasteiger partial charge in [0.1, 0.15) is 6.20 Å². The number of nitrogens with one attached hydrogen (secondary N) is 1. The number of hydrogen-bond acceptors (Lipinski definition) is 8. The minimum absolute atomic E-state index is 0.0219. The molecule has 0 aromatic carbocycles. The molecule has 1 N–H and O–H groups in total. The Balaban J connectivity index is 2.28. The molecule has 0 spiro atoms. The van der Waals surface area contributed by atoms with E-state index in [0.29, 0.717) is 12.5 Å². The first-order valence-corrected chi connectivity index (χ1v) is 8.46. The Hall–Kier alpha value is -1.97. The van der Waals surface area contributed by atoms with Gasteiger partial charge in [-0.2, -0.15) is 4.98 Å². The summed E-state index contributed by atoms with van der Waals surface area (Å²) in [6, 6.07) is 0. The second-order valence-electron chi connectivity index (χ2n) is 4.73. The Bertz CT molecular complexity index is 620. The molecule has 1 fully saturated rings. The Morgan fingerprint density at radius 3 is 2.67 bits per heavy atom. The molecule has 1 aromatic rings. The SMILES string of the molecule is CCCNc1ncc([N+](=O)[O-])c(N2CCS(=O)(=O)CC2)n1. The normalized spacial score (nSPS) is 17.5. The third kappa shape index (κ3) is 3.78. The molecule has 1 saturated heterocycles. The summed E-state index contributed by atoms with van der Waals surface area (Å²) in [6.45, 7) is 3.04. The van der Waals surface area contributed by atoms with Crippen LogP contribution in [0.15, 0.2) is 6.20 Å². The summed E-state index contributed by atoms with van der Waals surface area (Å²) in [7, 11) is -3.05. The minimum Gasteiger partial charge on any atom is -0.354 e. The van der Waals surface area contributed by atoms with Crippen molar-refractivity contribution in [2.45, 2.75) is 13.3 Å². The van der Waals surface area contributed by atoms with Crippen LogP contribution in [0.2, 0.25) is 0 Å².